The number of piperidine rings is 1. The summed E-state index contributed by atoms with van der Waals surface area (Å²) in [4.78, 5) is 14.6. The van der Waals surface area contributed by atoms with Crippen molar-refractivity contribution in [3.8, 4) is 5.75 Å². The molecule has 1 amide bonds. The van der Waals surface area contributed by atoms with Gasteiger partial charge in [0.25, 0.3) is 0 Å². The van der Waals surface area contributed by atoms with E-state index in [1.54, 1.807) is 0 Å². The number of methoxy groups -OCH3 is 1. The second kappa shape index (κ2) is 9.20. The molecule has 1 aromatic carbocycles. The van der Waals surface area contributed by atoms with Crippen molar-refractivity contribution in [2.24, 2.45) is 11.8 Å². The zero-order valence-corrected chi connectivity index (χ0v) is 18.9. The number of carbonyl (C=O) groups is 1. The monoisotopic (exact) mass is 441 g/mol. The fourth-order valence-electron chi connectivity index (χ4n) is 4.63. The SMILES string of the molecule is COc1ccc(S(=O)(=O)N2CCC(C3CC(C(=O)NC(C)C)CN3C)CC2)cc1F. The lowest BCUT2D eigenvalue weighted by molar-refractivity contribution is -0.125. The Morgan fingerprint density at radius 3 is 2.50 bits per heavy atom. The lowest BCUT2D eigenvalue weighted by Crippen LogP contribution is -2.43. The summed E-state index contributed by atoms with van der Waals surface area (Å²) in [5.74, 6) is -0.252. The van der Waals surface area contributed by atoms with Crippen LogP contribution in [0.25, 0.3) is 0 Å². The fraction of sp³-hybridized carbons (Fsp3) is 0.667. The molecule has 2 saturated heterocycles. The molecule has 0 aromatic heterocycles. The first-order valence-electron chi connectivity index (χ1n) is 10.5. The average Bonchev–Trinajstić information content (AvgIpc) is 3.09. The zero-order chi connectivity index (χ0) is 22.1. The van der Waals surface area contributed by atoms with Gasteiger partial charge < -0.3 is 15.0 Å². The van der Waals surface area contributed by atoms with Crippen LogP contribution in [-0.4, -0.2) is 69.4 Å². The summed E-state index contributed by atoms with van der Waals surface area (Å²) in [5, 5.41) is 2.99. The number of hydrogen-bond donors (Lipinski definition) is 1. The van der Waals surface area contributed by atoms with Crippen LogP contribution in [0, 0.1) is 17.7 Å². The first kappa shape index (κ1) is 23.0. The van der Waals surface area contributed by atoms with Gasteiger partial charge in [-0.05, 0) is 64.3 Å². The molecule has 9 heteroatoms. The van der Waals surface area contributed by atoms with Crippen LogP contribution in [0.3, 0.4) is 0 Å². The minimum atomic E-state index is -3.75. The van der Waals surface area contributed by atoms with Crippen LogP contribution in [0.5, 0.6) is 5.75 Å². The Hall–Kier alpha value is -1.71. The number of ether oxygens (including phenoxy) is 1. The van der Waals surface area contributed by atoms with Crippen LogP contribution in [-0.2, 0) is 14.8 Å². The van der Waals surface area contributed by atoms with Crippen molar-refractivity contribution in [2.45, 2.75) is 50.1 Å². The maximum absolute atomic E-state index is 14.0. The Kier molecular flexibility index (Phi) is 7.04. The van der Waals surface area contributed by atoms with Crippen LogP contribution in [0.15, 0.2) is 23.1 Å². The molecule has 30 heavy (non-hydrogen) atoms. The average molecular weight is 442 g/mol. The second-order valence-corrected chi connectivity index (χ2v) is 10.6. The van der Waals surface area contributed by atoms with E-state index >= 15 is 0 Å². The minimum Gasteiger partial charge on any atom is -0.494 e. The number of nitrogens with zero attached hydrogens (tertiary/aromatic N) is 2. The molecule has 0 spiro atoms. The van der Waals surface area contributed by atoms with E-state index < -0.39 is 15.8 Å². The first-order chi connectivity index (χ1) is 14.1. The molecule has 3 rings (SSSR count). The Bertz CT molecular complexity index is 869. The normalized spacial score (nSPS) is 24.3. The highest BCUT2D eigenvalue weighted by molar-refractivity contribution is 7.89. The molecule has 0 radical (unpaired) electrons. The van der Waals surface area contributed by atoms with Gasteiger partial charge in [0.15, 0.2) is 11.6 Å². The molecule has 1 aromatic rings. The standard InChI is InChI=1S/C21H32FN3O4S/c1-14(2)23-21(26)16-11-19(24(3)13-16)15-7-9-25(10-8-15)30(27,28)17-5-6-20(29-4)18(22)12-17/h5-6,12,14-16,19H,7-11,13H2,1-4H3,(H,23,26). The number of nitrogens with one attached hydrogen (secondary N) is 1. The number of carbonyl (C=O) groups excluding carboxylic acids is 1. The predicted molar refractivity (Wildman–Crippen MR) is 112 cm³/mol. The Morgan fingerprint density at radius 1 is 1.27 bits per heavy atom. The van der Waals surface area contributed by atoms with Crippen molar-refractivity contribution in [2.75, 3.05) is 33.8 Å². The third-order valence-corrected chi connectivity index (χ3v) is 8.10. The van der Waals surface area contributed by atoms with Crippen molar-refractivity contribution in [3.63, 3.8) is 0 Å². The van der Waals surface area contributed by atoms with E-state index in [1.165, 1.54) is 23.5 Å². The molecule has 2 unspecified atom stereocenters. The second-order valence-electron chi connectivity index (χ2n) is 8.64. The summed E-state index contributed by atoms with van der Waals surface area (Å²) in [6, 6.07) is 4.13. The summed E-state index contributed by atoms with van der Waals surface area (Å²) in [7, 11) is -0.368. The Morgan fingerprint density at radius 2 is 1.93 bits per heavy atom. The molecule has 0 saturated carbocycles. The molecule has 2 atom stereocenters. The van der Waals surface area contributed by atoms with Crippen LogP contribution in [0.1, 0.15) is 33.1 Å². The molecular formula is C21H32FN3O4S. The highest BCUT2D eigenvalue weighted by atomic mass is 32.2. The fourth-order valence-corrected chi connectivity index (χ4v) is 6.11. The van der Waals surface area contributed by atoms with E-state index in [9.17, 15) is 17.6 Å². The number of halogens is 1. The first-order valence-corrected chi connectivity index (χ1v) is 11.9. The van der Waals surface area contributed by atoms with Gasteiger partial charge in [0.1, 0.15) is 0 Å². The zero-order valence-electron chi connectivity index (χ0n) is 18.1. The van der Waals surface area contributed by atoms with Gasteiger partial charge in [0.2, 0.25) is 15.9 Å². The molecule has 1 N–H and O–H groups in total. The number of sulfonamides is 1. The molecule has 2 heterocycles. The summed E-state index contributed by atoms with van der Waals surface area (Å²) >= 11 is 0. The van der Waals surface area contributed by atoms with Gasteiger partial charge in [-0.2, -0.15) is 4.31 Å². The van der Waals surface area contributed by atoms with Crippen molar-refractivity contribution in [3.05, 3.63) is 24.0 Å². The summed E-state index contributed by atoms with van der Waals surface area (Å²) in [5.41, 5.74) is 0. The van der Waals surface area contributed by atoms with Crippen LogP contribution >= 0.6 is 0 Å². The quantitative estimate of drug-likeness (QED) is 0.731. The molecule has 168 valence electrons. The number of benzene rings is 1. The summed E-state index contributed by atoms with van der Waals surface area (Å²) in [6.45, 7) is 5.44. The van der Waals surface area contributed by atoms with E-state index in [2.05, 4.69) is 10.2 Å². The van der Waals surface area contributed by atoms with Gasteiger partial charge in [-0.15, -0.1) is 0 Å². The van der Waals surface area contributed by atoms with Crippen molar-refractivity contribution < 1.29 is 22.3 Å². The minimum absolute atomic E-state index is 0.0213. The van der Waals surface area contributed by atoms with Gasteiger partial charge in [0.05, 0.1) is 17.9 Å². The highest BCUT2D eigenvalue weighted by Gasteiger charge is 2.40. The van der Waals surface area contributed by atoms with Crippen molar-refractivity contribution in [1.29, 1.82) is 0 Å². The third kappa shape index (κ3) is 4.78. The number of likely N-dealkylation sites (tertiary alicyclic amines) is 1. The molecule has 0 bridgehead atoms. The number of rotatable bonds is 6. The Labute approximate surface area is 178 Å². The smallest absolute Gasteiger partial charge is 0.243 e. The molecule has 2 aliphatic heterocycles. The van der Waals surface area contributed by atoms with Gasteiger partial charge >= 0.3 is 0 Å². The van der Waals surface area contributed by atoms with Crippen LogP contribution in [0.2, 0.25) is 0 Å². The van der Waals surface area contributed by atoms with Gasteiger partial charge in [-0.25, -0.2) is 12.8 Å². The van der Waals surface area contributed by atoms with Crippen molar-refractivity contribution in [1.82, 2.24) is 14.5 Å². The van der Waals surface area contributed by atoms with E-state index in [0.29, 0.717) is 19.0 Å². The van der Waals surface area contributed by atoms with Gasteiger partial charge in [-0.1, -0.05) is 0 Å². The number of amides is 1. The van der Waals surface area contributed by atoms with E-state index in [1.807, 2.05) is 20.9 Å². The topological polar surface area (TPSA) is 79.0 Å². The lowest BCUT2D eigenvalue weighted by atomic mass is 9.87. The number of hydrogen-bond acceptors (Lipinski definition) is 5. The van der Waals surface area contributed by atoms with E-state index in [-0.39, 0.29) is 34.6 Å². The maximum Gasteiger partial charge on any atom is 0.243 e. The third-order valence-electron chi connectivity index (χ3n) is 6.21. The summed E-state index contributed by atoms with van der Waals surface area (Å²) in [6.07, 6.45) is 2.26. The Balaban J connectivity index is 1.62. The van der Waals surface area contributed by atoms with Gasteiger partial charge in [-0.3, -0.25) is 4.79 Å². The molecule has 0 aliphatic carbocycles. The maximum atomic E-state index is 14.0. The largest absolute Gasteiger partial charge is 0.494 e. The molecular weight excluding hydrogens is 409 g/mol. The van der Waals surface area contributed by atoms with Crippen LogP contribution in [0.4, 0.5) is 4.39 Å². The van der Waals surface area contributed by atoms with Crippen molar-refractivity contribution >= 4 is 15.9 Å². The van der Waals surface area contributed by atoms with E-state index in [0.717, 1.165) is 31.9 Å². The predicted octanol–water partition coefficient (Wildman–Crippen LogP) is 2.08. The molecule has 7 nitrogen and oxygen atoms in total. The summed E-state index contributed by atoms with van der Waals surface area (Å²) < 4.78 is 46.2. The highest BCUT2D eigenvalue weighted by Crippen LogP contribution is 2.34. The van der Waals surface area contributed by atoms with Gasteiger partial charge in [0, 0.05) is 31.7 Å². The van der Waals surface area contributed by atoms with Crippen LogP contribution < -0.4 is 10.1 Å². The molecule has 2 fully saturated rings. The molecule has 2 aliphatic rings. The van der Waals surface area contributed by atoms with E-state index in [4.69, 9.17) is 4.74 Å². The lowest BCUT2D eigenvalue weighted by Gasteiger charge is -2.36.